The lowest BCUT2D eigenvalue weighted by Gasteiger charge is -2.11. The van der Waals surface area contributed by atoms with Gasteiger partial charge in [0, 0.05) is 11.8 Å². The number of nitrogens with zero attached hydrogens (tertiary/aromatic N) is 3. The summed E-state index contributed by atoms with van der Waals surface area (Å²) in [5.41, 5.74) is 0.691. The molecule has 0 aliphatic heterocycles. The van der Waals surface area contributed by atoms with Gasteiger partial charge in [-0.3, -0.25) is 9.59 Å². The van der Waals surface area contributed by atoms with Crippen molar-refractivity contribution in [2.45, 2.75) is 6.54 Å². The van der Waals surface area contributed by atoms with Gasteiger partial charge in [0.25, 0.3) is 11.4 Å². The molecule has 0 fully saturated rings. The number of anilines is 1. The summed E-state index contributed by atoms with van der Waals surface area (Å²) in [6, 6.07) is 14.6. The number of aromatic nitrogens is 3. The maximum Gasteiger partial charge on any atom is 0.339 e. The number of rotatable bonds is 8. The molecular formula is C25H22N4O7. The lowest BCUT2D eigenvalue weighted by atomic mass is 10.2. The highest BCUT2D eigenvalue weighted by Crippen LogP contribution is 2.31. The molecule has 1 N–H and O–H groups in total. The SMILES string of the molecule is COC(=O)c1ccccc1NC(=O)Cn1cccc(-c2nc(-c3ccc(OC)c(OC)c3)no2)c1=O. The highest BCUT2D eigenvalue weighted by molar-refractivity contribution is 6.01. The van der Waals surface area contributed by atoms with Gasteiger partial charge in [0.2, 0.25) is 11.7 Å². The van der Waals surface area contributed by atoms with Gasteiger partial charge in [-0.15, -0.1) is 0 Å². The second-order valence-electron chi connectivity index (χ2n) is 7.43. The predicted octanol–water partition coefficient (Wildman–Crippen LogP) is 3.01. The van der Waals surface area contributed by atoms with E-state index in [-0.39, 0.29) is 35.1 Å². The van der Waals surface area contributed by atoms with Gasteiger partial charge >= 0.3 is 5.97 Å². The van der Waals surface area contributed by atoms with Crippen molar-refractivity contribution in [2.24, 2.45) is 0 Å². The molecule has 0 bridgehead atoms. The highest BCUT2D eigenvalue weighted by Gasteiger charge is 2.18. The van der Waals surface area contributed by atoms with Crippen molar-refractivity contribution in [1.29, 1.82) is 0 Å². The van der Waals surface area contributed by atoms with Gasteiger partial charge in [-0.25, -0.2) is 4.79 Å². The Kier molecular flexibility index (Phi) is 7.10. The molecular weight excluding hydrogens is 468 g/mol. The summed E-state index contributed by atoms with van der Waals surface area (Å²) >= 11 is 0. The molecule has 2 heterocycles. The van der Waals surface area contributed by atoms with Gasteiger partial charge in [-0.05, 0) is 42.5 Å². The van der Waals surface area contributed by atoms with Crippen LogP contribution in [-0.4, -0.2) is 47.9 Å². The van der Waals surface area contributed by atoms with Crippen molar-refractivity contribution in [3.63, 3.8) is 0 Å². The largest absolute Gasteiger partial charge is 0.493 e. The number of ether oxygens (including phenoxy) is 3. The summed E-state index contributed by atoms with van der Waals surface area (Å²) in [6.45, 7) is -0.307. The van der Waals surface area contributed by atoms with Crippen LogP contribution in [-0.2, 0) is 16.1 Å². The average Bonchev–Trinajstić information content (AvgIpc) is 3.39. The zero-order valence-corrected chi connectivity index (χ0v) is 19.7. The Morgan fingerprint density at radius 1 is 1.00 bits per heavy atom. The Bertz CT molecular complexity index is 1480. The highest BCUT2D eigenvalue weighted by atomic mass is 16.5. The molecule has 0 aliphatic rings. The molecule has 184 valence electrons. The third-order valence-electron chi connectivity index (χ3n) is 5.24. The lowest BCUT2D eigenvalue weighted by Crippen LogP contribution is -2.28. The molecule has 1 amide bonds. The van der Waals surface area contributed by atoms with Gasteiger partial charge in [-0.2, -0.15) is 4.98 Å². The number of pyridine rings is 1. The van der Waals surface area contributed by atoms with Crippen LogP contribution in [0.4, 0.5) is 5.69 Å². The number of amides is 1. The second-order valence-corrected chi connectivity index (χ2v) is 7.43. The fraction of sp³-hybridized carbons (Fsp3) is 0.160. The zero-order valence-electron chi connectivity index (χ0n) is 19.7. The Morgan fingerprint density at radius 3 is 2.53 bits per heavy atom. The Hall–Kier alpha value is -4.93. The molecule has 4 aromatic rings. The summed E-state index contributed by atoms with van der Waals surface area (Å²) in [5, 5.41) is 6.60. The summed E-state index contributed by atoms with van der Waals surface area (Å²) in [7, 11) is 4.29. The van der Waals surface area contributed by atoms with Crippen LogP contribution in [0.2, 0.25) is 0 Å². The molecule has 2 aromatic carbocycles. The van der Waals surface area contributed by atoms with Crippen molar-refractivity contribution >= 4 is 17.6 Å². The molecule has 0 aliphatic carbocycles. The van der Waals surface area contributed by atoms with Gasteiger partial charge in [0.1, 0.15) is 12.1 Å². The first kappa shape index (κ1) is 24.2. The molecule has 36 heavy (non-hydrogen) atoms. The fourth-order valence-corrected chi connectivity index (χ4v) is 3.47. The minimum absolute atomic E-state index is 0.00409. The van der Waals surface area contributed by atoms with Crippen LogP contribution in [0.3, 0.4) is 0 Å². The minimum atomic E-state index is -0.591. The zero-order chi connectivity index (χ0) is 25.7. The minimum Gasteiger partial charge on any atom is -0.493 e. The van der Waals surface area contributed by atoms with E-state index in [1.54, 1.807) is 42.5 Å². The van der Waals surface area contributed by atoms with Gasteiger partial charge in [-0.1, -0.05) is 17.3 Å². The van der Waals surface area contributed by atoms with E-state index in [4.69, 9.17) is 18.7 Å². The molecule has 0 spiro atoms. The maximum atomic E-state index is 13.1. The smallest absolute Gasteiger partial charge is 0.339 e. The number of nitrogens with one attached hydrogen (secondary N) is 1. The first-order valence-corrected chi connectivity index (χ1v) is 10.7. The maximum absolute atomic E-state index is 13.1. The van der Waals surface area contributed by atoms with E-state index < -0.39 is 17.4 Å². The van der Waals surface area contributed by atoms with Gasteiger partial charge in [0.15, 0.2) is 11.5 Å². The van der Waals surface area contributed by atoms with Crippen molar-refractivity contribution in [2.75, 3.05) is 26.6 Å². The summed E-state index contributed by atoms with van der Waals surface area (Å²) in [5.74, 6) is 0.175. The van der Waals surface area contributed by atoms with Crippen LogP contribution in [0.1, 0.15) is 10.4 Å². The third kappa shape index (κ3) is 4.94. The fourth-order valence-electron chi connectivity index (χ4n) is 3.47. The second kappa shape index (κ2) is 10.6. The van der Waals surface area contributed by atoms with Crippen molar-refractivity contribution in [1.82, 2.24) is 14.7 Å². The summed E-state index contributed by atoms with van der Waals surface area (Å²) in [6.07, 6.45) is 1.46. The van der Waals surface area contributed by atoms with Crippen LogP contribution in [0, 0.1) is 0 Å². The van der Waals surface area contributed by atoms with E-state index in [0.29, 0.717) is 17.1 Å². The summed E-state index contributed by atoms with van der Waals surface area (Å²) in [4.78, 5) is 42.0. The van der Waals surface area contributed by atoms with Crippen LogP contribution >= 0.6 is 0 Å². The Labute approximate surface area is 205 Å². The molecule has 11 heteroatoms. The number of benzene rings is 2. The van der Waals surface area contributed by atoms with Crippen LogP contribution < -0.4 is 20.3 Å². The number of esters is 1. The van der Waals surface area contributed by atoms with E-state index in [9.17, 15) is 14.4 Å². The number of hydrogen-bond donors (Lipinski definition) is 1. The normalized spacial score (nSPS) is 10.5. The van der Waals surface area contributed by atoms with Crippen molar-refractivity contribution < 1.29 is 28.3 Å². The molecule has 0 unspecified atom stereocenters. The van der Waals surface area contributed by atoms with E-state index in [1.807, 2.05) is 0 Å². The van der Waals surface area contributed by atoms with E-state index in [0.717, 1.165) is 0 Å². The number of carbonyl (C=O) groups excluding carboxylic acids is 2. The Morgan fingerprint density at radius 2 is 1.78 bits per heavy atom. The molecule has 4 rings (SSSR count). The summed E-state index contributed by atoms with van der Waals surface area (Å²) < 4.78 is 21.8. The molecule has 0 saturated heterocycles. The number of carbonyl (C=O) groups is 2. The molecule has 0 saturated carbocycles. The van der Waals surface area contributed by atoms with E-state index in [1.165, 1.54) is 44.2 Å². The van der Waals surface area contributed by atoms with Crippen LogP contribution in [0.25, 0.3) is 22.8 Å². The van der Waals surface area contributed by atoms with Crippen molar-refractivity contribution in [3.8, 4) is 34.3 Å². The first-order chi connectivity index (χ1) is 17.4. The topological polar surface area (TPSA) is 135 Å². The average molecular weight is 490 g/mol. The predicted molar refractivity (Wildman–Crippen MR) is 129 cm³/mol. The Balaban J connectivity index is 1.56. The molecule has 11 nitrogen and oxygen atoms in total. The van der Waals surface area contributed by atoms with Crippen molar-refractivity contribution in [3.05, 3.63) is 76.7 Å². The molecule has 2 aromatic heterocycles. The quantitative estimate of drug-likeness (QED) is 0.370. The number of hydrogen-bond acceptors (Lipinski definition) is 9. The third-order valence-corrected chi connectivity index (χ3v) is 5.24. The standard InChI is InChI=1S/C25H22N4O7/c1-33-19-11-10-15(13-20(19)34-2)22-27-23(36-28-22)17-8-6-12-29(24(17)31)14-21(30)26-18-9-5-4-7-16(18)25(32)35-3/h4-13H,14H2,1-3H3,(H,26,30). The lowest BCUT2D eigenvalue weighted by molar-refractivity contribution is -0.116. The first-order valence-electron chi connectivity index (χ1n) is 10.7. The van der Waals surface area contributed by atoms with E-state index in [2.05, 4.69) is 15.5 Å². The monoisotopic (exact) mass is 490 g/mol. The van der Waals surface area contributed by atoms with Gasteiger partial charge < -0.3 is 28.6 Å². The van der Waals surface area contributed by atoms with Crippen LogP contribution in [0.15, 0.2) is 70.1 Å². The molecule has 0 atom stereocenters. The van der Waals surface area contributed by atoms with Crippen LogP contribution in [0.5, 0.6) is 11.5 Å². The van der Waals surface area contributed by atoms with E-state index >= 15 is 0 Å². The molecule has 0 radical (unpaired) electrons. The van der Waals surface area contributed by atoms with Gasteiger partial charge in [0.05, 0.1) is 32.6 Å². The number of para-hydroxylation sites is 1. The number of methoxy groups -OCH3 is 3.